The van der Waals surface area contributed by atoms with Crippen LogP contribution in [0.15, 0.2) is 18.3 Å². The maximum absolute atomic E-state index is 5.73. The lowest BCUT2D eigenvalue weighted by Crippen LogP contribution is -2.50. The summed E-state index contributed by atoms with van der Waals surface area (Å²) < 4.78 is 0. The molecule has 1 aromatic rings. The lowest BCUT2D eigenvalue weighted by molar-refractivity contribution is 0.417. The summed E-state index contributed by atoms with van der Waals surface area (Å²) in [6, 6.07) is 3.80. The van der Waals surface area contributed by atoms with E-state index in [0.29, 0.717) is 10.9 Å². The number of hydrogen-bond acceptors (Lipinski definition) is 3. The molecular formula is C9H12ClN3. The molecule has 2 heterocycles. The Morgan fingerprint density at radius 3 is 2.85 bits per heavy atom. The van der Waals surface area contributed by atoms with Gasteiger partial charge in [0.2, 0.25) is 0 Å². The quantitative estimate of drug-likeness (QED) is 0.773. The Morgan fingerprint density at radius 1 is 1.54 bits per heavy atom. The van der Waals surface area contributed by atoms with Crippen molar-refractivity contribution in [3.05, 3.63) is 23.4 Å². The highest BCUT2D eigenvalue weighted by Gasteiger charge is 2.25. The molecule has 13 heavy (non-hydrogen) atoms. The van der Waals surface area contributed by atoms with Crippen LogP contribution in [0.25, 0.3) is 0 Å². The Bertz CT molecular complexity index is 279. The van der Waals surface area contributed by atoms with Gasteiger partial charge in [-0.25, -0.2) is 4.98 Å². The number of aromatic nitrogens is 1. The number of nitrogens with zero attached hydrogens (tertiary/aromatic N) is 2. The molecule has 0 amide bonds. The Morgan fingerprint density at radius 2 is 2.31 bits per heavy atom. The van der Waals surface area contributed by atoms with Crippen molar-refractivity contribution in [1.82, 2.24) is 4.98 Å². The highest BCUT2D eigenvalue weighted by atomic mass is 35.5. The summed E-state index contributed by atoms with van der Waals surface area (Å²) in [5.74, 6) is 1.63. The lowest BCUT2D eigenvalue weighted by Gasteiger charge is -2.39. The maximum Gasteiger partial charge on any atom is 0.128 e. The van der Waals surface area contributed by atoms with E-state index in [1.54, 1.807) is 6.20 Å². The summed E-state index contributed by atoms with van der Waals surface area (Å²) in [6.07, 6.45) is 1.67. The number of rotatable bonds is 2. The molecule has 1 aliphatic heterocycles. The van der Waals surface area contributed by atoms with Crippen LogP contribution in [0.4, 0.5) is 5.82 Å². The molecule has 2 rings (SSSR count). The molecule has 70 valence electrons. The molecule has 0 spiro atoms. The van der Waals surface area contributed by atoms with Gasteiger partial charge in [-0.05, 0) is 18.7 Å². The molecule has 1 saturated heterocycles. The second kappa shape index (κ2) is 3.52. The van der Waals surface area contributed by atoms with Gasteiger partial charge in [0.15, 0.2) is 0 Å². The van der Waals surface area contributed by atoms with Gasteiger partial charge in [0.1, 0.15) is 5.82 Å². The van der Waals surface area contributed by atoms with E-state index in [2.05, 4.69) is 9.88 Å². The van der Waals surface area contributed by atoms with Crippen LogP contribution in [0, 0.1) is 5.92 Å². The monoisotopic (exact) mass is 197 g/mol. The van der Waals surface area contributed by atoms with Gasteiger partial charge >= 0.3 is 0 Å². The molecule has 0 radical (unpaired) electrons. The SMILES string of the molecule is NCC1CN(c2ccc(Cl)cn2)C1. The van der Waals surface area contributed by atoms with Crippen molar-refractivity contribution in [2.45, 2.75) is 0 Å². The van der Waals surface area contributed by atoms with Crippen molar-refractivity contribution in [2.75, 3.05) is 24.5 Å². The van der Waals surface area contributed by atoms with Crippen LogP contribution in [0.5, 0.6) is 0 Å². The number of hydrogen-bond donors (Lipinski definition) is 1. The van der Waals surface area contributed by atoms with Gasteiger partial charge in [-0.15, -0.1) is 0 Å². The second-order valence-corrected chi connectivity index (χ2v) is 3.78. The van der Waals surface area contributed by atoms with Crippen LogP contribution >= 0.6 is 11.6 Å². The first-order valence-electron chi connectivity index (χ1n) is 4.36. The Kier molecular flexibility index (Phi) is 2.38. The van der Waals surface area contributed by atoms with E-state index >= 15 is 0 Å². The van der Waals surface area contributed by atoms with Crippen LogP contribution in [-0.4, -0.2) is 24.6 Å². The zero-order valence-electron chi connectivity index (χ0n) is 7.28. The minimum atomic E-state index is 0.637. The van der Waals surface area contributed by atoms with Gasteiger partial charge in [-0.1, -0.05) is 11.6 Å². The van der Waals surface area contributed by atoms with E-state index in [1.807, 2.05) is 12.1 Å². The smallest absolute Gasteiger partial charge is 0.128 e. The molecule has 4 heteroatoms. The zero-order valence-corrected chi connectivity index (χ0v) is 8.04. The van der Waals surface area contributed by atoms with Crippen molar-refractivity contribution in [1.29, 1.82) is 0 Å². The van der Waals surface area contributed by atoms with Gasteiger partial charge in [0.05, 0.1) is 5.02 Å². The molecule has 0 unspecified atom stereocenters. The maximum atomic E-state index is 5.73. The molecule has 1 aromatic heterocycles. The van der Waals surface area contributed by atoms with Crippen LogP contribution in [-0.2, 0) is 0 Å². The van der Waals surface area contributed by atoms with E-state index in [-0.39, 0.29) is 0 Å². The lowest BCUT2D eigenvalue weighted by atomic mass is 10.0. The fraction of sp³-hybridized carbons (Fsp3) is 0.444. The first-order chi connectivity index (χ1) is 6.29. The van der Waals surface area contributed by atoms with Crippen LogP contribution in [0.3, 0.4) is 0 Å². The third-order valence-electron chi connectivity index (χ3n) is 2.33. The van der Waals surface area contributed by atoms with Gasteiger partial charge in [-0.3, -0.25) is 0 Å². The normalized spacial score (nSPS) is 17.2. The number of anilines is 1. The van der Waals surface area contributed by atoms with Gasteiger partial charge < -0.3 is 10.6 Å². The summed E-state index contributed by atoms with van der Waals surface area (Å²) in [5, 5.41) is 0.680. The molecule has 0 aromatic carbocycles. The Hall–Kier alpha value is -0.800. The summed E-state index contributed by atoms with van der Waals surface area (Å²) in [4.78, 5) is 6.42. The molecule has 0 saturated carbocycles. The van der Waals surface area contributed by atoms with Gasteiger partial charge in [0.25, 0.3) is 0 Å². The first kappa shape index (κ1) is 8.78. The van der Waals surface area contributed by atoms with Crippen LogP contribution in [0.1, 0.15) is 0 Å². The third kappa shape index (κ3) is 1.76. The first-order valence-corrected chi connectivity index (χ1v) is 4.74. The molecule has 1 aliphatic rings. The van der Waals surface area contributed by atoms with Gasteiger partial charge in [0, 0.05) is 25.2 Å². The zero-order chi connectivity index (χ0) is 9.26. The second-order valence-electron chi connectivity index (χ2n) is 3.34. The third-order valence-corrected chi connectivity index (χ3v) is 2.55. The minimum absolute atomic E-state index is 0.637. The largest absolute Gasteiger partial charge is 0.356 e. The Balaban J connectivity index is 1.99. The fourth-order valence-corrected chi connectivity index (χ4v) is 1.57. The molecule has 0 aliphatic carbocycles. The van der Waals surface area contributed by atoms with Crippen molar-refractivity contribution in [2.24, 2.45) is 11.7 Å². The summed E-state index contributed by atoms with van der Waals surface area (Å²) in [7, 11) is 0. The Labute approximate surface area is 82.5 Å². The molecule has 0 atom stereocenters. The predicted molar refractivity (Wildman–Crippen MR) is 54.0 cm³/mol. The van der Waals surface area contributed by atoms with Crippen molar-refractivity contribution < 1.29 is 0 Å². The summed E-state index contributed by atoms with van der Waals surface area (Å²) in [5.41, 5.74) is 5.53. The molecule has 0 bridgehead atoms. The van der Waals surface area contributed by atoms with Gasteiger partial charge in [-0.2, -0.15) is 0 Å². The topological polar surface area (TPSA) is 42.1 Å². The predicted octanol–water partition coefficient (Wildman–Crippen LogP) is 1.13. The van der Waals surface area contributed by atoms with E-state index in [0.717, 1.165) is 25.5 Å². The average Bonchev–Trinajstić information content (AvgIpc) is 2.06. The van der Waals surface area contributed by atoms with E-state index in [1.165, 1.54) is 0 Å². The van der Waals surface area contributed by atoms with E-state index < -0.39 is 0 Å². The molecule has 3 nitrogen and oxygen atoms in total. The van der Waals surface area contributed by atoms with Crippen LogP contribution in [0.2, 0.25) is 5.02 Å². The molecular weight excluding hydrogens is 186 g/mol. The molecule has 2 N–H and O–H groups in total. The minimum Gasteiger partial charge on any atom is -0.356 e. The van der Waals surface area contributed by atoms with E-state index in [4.69, 9.17) is 17.3 Å². The average molecular weight is 198 g/mol. The van der Waals surface area contributed by atoms with Crippen molar-refractivity contribution in [3.63, 3.8) is 0 Å². The number of nitrogens with two attached hydrogens (primary N) is 1. The fourth-order valence-electron chi connectivity index (χ4n) is 1.46. The highest BCUT2D eigenvalue weighted by Crippen LogP contribution is 2.22. The number of halogens is 1. The number of pyridine rings is 1. The van der Waals surface area contributed by atoms with Crippen LogP contribution < -0.4 is 10.6 Å². The summed E-state index contributed by atoms with van der Waals surface area (Å²) in [6.45, 7) is 2.81. The summed E-state index contributed by atoms with van der Waals surface area (Å²) >= 11 is 5.73. The highest BCUT2D eigenvalue weighted by molar-refractivity contribution is 6.30. The van der Waals surface area contributed by atoms with Crippen molar-refractivity contribution in [3.8, 4) is 0 Å². The van der Waals surface area contributed by atoms with E-state index in [9.17, 15) is 0 Å². The standard InChI is InChI=1S/C9H12ClN3/c10-8-1-2-9(12-4-8)13-5-7(3-11)6-13/h1-2,4,7H,3,5-6,11H2. The van der Waals surface area contributed by atoms with Crippen molar-refractivity contribution >= 4 is 17.4 Å². The molecule has 1 fully saturated rings.